The molecule has 13 heavy (non-hydrogen) atoms. The van der Waals surface area contributed by atoms with Crippen LogP contribution in [0.25, 0.3) is 0 Å². The van der Waals surface area contributed by atoms with E-state index < -0.39 is 0 Å². The second-order valence-corrected chi connectivity index (χ2v) is 3.87. The van der Waals surface area contributed by atoms with E-state index in [9.17, 15) is 0 Å². The fourth-order valence-corrected chi connectivity index (χ4v) is 1.55. The van der Waals surface area contributed by atoms with Crippen LogP contribution in [0.2, 0.25) is 0 Å². The number of aliphatic hydroxyl groups excluding tert-OH is 1. The Morgan fingerprint density at radius 1 is 1.54 bits per heavy atom. The highest BCUT2D eigenvalue weighted by Crippen LogP contribution is 2.16. The zero-order chi connectivity index (χ0) is 9.68. The lowest BCUT2D eigenvalue weighted by molar-refractivity contribution is 0.292. The van der Waals surface area contributed by atoms with Crippen molar-refractivity contribution < 1.29 is 5.11 Å². The van der Waals surface area contributed by atoms with Gasteiger partial charge in [-0.1, -0.05) is 13.8 Å². The molecule has 2 N–H and O–H groups in total. The minimum atomic E-state index is 0.211. The standard InChI is InChI=1S/C8H15N3OS/c1-6(2)7-10-8(13-11-7)9-4-3-5-12/h6,12H,3-5H2,1-2H3,(H,9,10,11). The van der Waals surface area contributed by atoms with Gasteiger partial charge >= 0.3 is 0 Å². The normalized spacial score (nSPS) is 10.8. The number of rotatable bonds is 5. The smallest absolute Gasteiger partial charge is 0.202 e. The molecule has 1 rings (SSSR count). The highest BCUT2D eigenvalue weighted by molar-refractivity contribution is 7.09. The summed E-state index contributed by atoms with van der Waals surface area (Å²) in [5.41, 5.74) is 0. The molecular formula is C8H15N3OS. The van der Waals surface area contributed by atoms with Gasteiger partial charge in [0.15, 0.2) is 0 Å². The zero-order valence-corrected chi connectivity index (χ0v) is 8.77. The van der Waals surface area contributed by atoms with Crippen molar-refractivity contribution in [3.05, 3.63) is 5.82 Å². The Bertz CT molecular complexity index is 249. The lowest BCUT2D eigenvalue weighted by Crippen LogP contribution is -2.03. The molecule has 0 saturated carbocycles. The topological polar surface area (TPSA) is 58.0 Å². The Kier molecular flexibility index (Phi) is 4.11. The molecule has 0 spiro atoms. The van der Waals surface area contributed by atoms with Gasteiger partial charge in [-0.3, -0.25) is 0 Å². The molecule has 0 aromatic carbocycles. The monoisotopic (exact) mass is 201 g/mol. The van der Waals surface area contributed by atoms with Crippen LogP contribution >= 0.6 is 11.5 Å². The lowest BCUT2D eigenvalue weighted by atomic mass is 10.2. The van der Waals surface area contributed by atoms with E-state index in [4.69, 9.17) is 5.11 Å². The average molecular weight is 201 g/mol. The van der Waals surface area contributed by atoms with E-state index in [0.717, 1.165) is 23.9 Å². The maximum Gasteiger partial charge on any atom is 0.202 e. The molecule has 74 valence electrons. The summed E-state index contributed by atoms with van der Waals surface area (Å²) < 4.78 is 4.20. The van der Waals surface area contributed by atoms with Gasteiger partial charge in [0, 0.05) is 30.6 Å². The van der Waals surface area contributed by atoms with Gasteiger partial charge in [0.05, 0.1) is 0 Å². The summed E-state index contributed by atoms with van der Waals surface area (Å²) in [6, 6.07) is 0. The van der Waals surface area contributed by atoms with Crippen molar-refractivity contribution in [1.29, 1.82) is 0 Å². The number of nitrogens with one attached hydrogen (secondary N) is 1. The van der Waals surface area contributed by atoms with Crippen molar-refractivity contribution >= 4 is 16.7 Å². The number of aliphatic hydroxyl groups is 1. The van der Waals surface area contributed by atoms with Crippen molar-refractivity contribution in [2.75, 3.05) is 18.5 Å². The Morgan fingerprint density at radius 3 is 2.85 bits per heavy atom. The molecule has 0 aliphatic heterocycles. The van der Waals surface area contributed by atoms with E-state index in [0.29, 0.717) is 5.92 Å². The van der Waals surface area contributed by atoms with Gasteiger partial charge < -0.3 is 10.4 Å². The Labute approximate surface area is 82.2 Å². The maximum atomic E-state index is 8.57. The summed E-state index contributed by atoms with van der Waals surface area (Å²) in [5.74, 6) is 1.26. The number of hydrogen-bond acceptors (Lipinski definition) is 5. The number of anilines is 1. The van der Waals surface area contributed by atoms with E-state index in [1.165, 1.54) is 11.5 Å². The van der Waals surface area contributed by atoms with E-state index in [1.54, 1.807) is 0 Å². The van der Waals surface area contributed by atoms with Crippen molar-refractivity contribution in [2.45, 2.75) is 26.2 Å². The van der Waals surface area contributed by atoms with Gasteiger partial charge in [0.1, 0.15) is 5.82 Å². The van der Waals surface area contributed by atoms with Crippen molar-refractivity contribution in [2.24, 2.45) is 0 Å². The molecule has 0 amide bonds. The number of hydrogen-bond donors (Lipinski definition) is 2. The summed E-state index contributed by atoms with van der Waals surface area (Å²) in [7, 11) is 0. The molecule has 5 heteroatoms. The Hall–Kier alpha value is -0.680. The second-order valence-electron chi connectivity index (χ2n) is 3.12. The molecule has 0 aliphatic rings. The van der Waals surface area contributed by atoms with Crippen molar-refractivity contribution in [3.63, 3.8) is 0 Å². The van der Waals surface area contributed by atoms with Gasteiger partial charge in [0.2, 0.25) is 5.13 Å². The van der Waals surface area contributed by atoms with Crippen LogP contribution in [0.1, 0.15) is 32.0 Å². The van der Waals surface area contributed by atoms with E-state index in [1.807, 2.05) is 0 Å². The van der Waals surface area contributed by atoms with Gasteiger partial charge in [-0.2, -0.15) is 4.37 Å². The molecule has 0 fully saturated rings. The van der Waals surface area contributed by atoms with E-state index in [2.05, 4.69) is 28.5 Å². The van der Waals surface area contributed by atoms with Gasteiger partial charge in [-0.05, 0) is 6.42 Å². The second kappa shape index (κ2) is 5.14. The summed E-state index contributed by atoms with van der Waals surface area (Å²) in [4.78, 5) is 4.30. The maximum absolute atomic E-state index is 8.57. The molecule has 0 aliphatic carbocycles. The fourth-order valence-electron chi connectivity index (χ4n) is 0.816. The molecule has 1 aromatic heterocycles. The van der Waals surface area contributed by atoms with E-state index >= 15 is 0 Å². The van der Waals surface area contributed by atoms with Gasteiger partial charge in [0.25, 0.3) is 0 Å². The molecular weight excluding hydrogens is 186 g/mol. The highest BCUT2D eigenvalue weighted by Gasteiger charge is 2.06. The first-order chi connectivity index (χ1) is 6.24. The summed E-state index contributed by atoms with van der Waals surface area (Å²) in [6.07, 6.45) is 0.747. The molecule has 1 aromatic rings. The van der Waals surface area contributed by atoms with Crippen LogP contribution in [0, 0.1) is 0 Å². The molecule has 0 saturated heterocycles. The fraction of sp³-hybridized carbons (Fsp3) is 0.750. The van der Waals surface area contributed by atoms with Crippen molar-refractivity contribution in [3.8, 4) is 0 Å². The first-order valence-corrected chi connectivity index (χ1v) is 5.19. The van der Waals surface area contributed by atoms with Crippen LogP contribution in [0.4, 0.5) is 5.13 Å². The third kappa shape index (κ3) is 3.28. The van der Waals surface area contributed by atoms with Gasteiger partial charge in [-0.25, -0.2) is 4.98 Å². The highest BCUT2D eigenvalue weighted by atomic mass is 32.1. The first kappa shape index (κ1) is 10.4. The number of nitrogens with zero attached hydrogens (tertiary/aromatic N) is 2. The third-order valence-corrected chi connectivity index (χ3v) is 2.26. The van der Waals surface area contributed by atoms with Crippen LogP contribution in [0.5, 0.6) is 0 Å². The average Bonchev–Trinajstić information content (AvgIpc) is 2.53. The molecule has 0 bridgehead atoms. The molecule has 0 atom stereocenters. The third-order valence-electron chi connectivity index (χ3n) is 1.57. The zero-order valence-electron chi connectivity index (χ0n) is 7.95. The predicted molar refractivity (Wildman–Crippen MR) is 54.2 cm³/mol. The largest absolute Gasteiger partial charge is 0.396 e. The van der Waals surface area contributed by atoms with Crippen molar-refractivity contribution in [1.82, 2.24) is 9.36 Å². The molecule has 0 unspecified atom stereocenters. The van der Waals surface area contributed by atoms with Crippen LogP contribution in [-0.2, 0) is 0 Å². The molecule has 4 nitrogen and oxygen atoms in total. The van der Waals surface area contributed by atoms with E-state index in [-0.39, 0.29) is 6.61 Å². The quantitative estimate of drug-likeness (QED) is 0.708. The Morgan fingerprint density at radius 2 is 2.31 bits per heavy atom. The van der Waals surface area contributed by atoms with Gasteiger partial charge in [-0.15, -0.1) is 0 Å². The van der Waals surface area contributed by atoms with Crippen LogP contribution < -0.4 is 5.32 Å². The Balaban J connectivity index is 2.40. The predicted octanol–water partition coefficient (Wildman–Crippen LogP) is 1.46. The first-order valence-electron chi connectivity index (χ1n) is 4.42. The summed E-state index contributed by atoms with van der Waals surface area (Å²) in [5, 5.41) is 12.5. The molecule has 0 radical (unpaired) electrons. The lowest BCUT2D eigenvalue weighted by Gasteiger charge is -1.98. The minimum Gasteiger partial charge on any atom is -0.396 e. The summed E-state index contributed by atoms with van der Waals surface area (Å²) in [6.45, 7) is 5.10. The minimum absolute atomic E-state index is 0.211. The van der Waals surface area contributed by atoms with Crippen LogP contribution in [-0.4, -0.2) is 27.6 Å². The summed E-state index contributed by atoms with van der Waals surface area (Å²) >= 11 is 1.37. The number of aromatic nitrogens is 2. The van der Waals surface area contributed by atoms with Crippen LogP contribution in [0.3, 0.4) is 0 Å². The SMILES string of the molecule is CC(C)c1nsc(NCCCO)n1. The van der Waals surface area contributed by atoms with Crippen LogP contribution in [0.15, 0.2) is 0 Å². The molecule has 1 heterocycles.